The zero-order valence-electron chi connectivity index (χ0n) is 11.1. The van der Waals surface area contributed by atoms with Crippen LogP contribution in [0.5, 0.6) is 0 Å². The quantitative estimate of drug-likeness (QED) is 0.616. The summed E-state index contributed by atoms with van der Waals surface area (Å²) in [4.78, 5) is 0. The van der Waals surface area contributed by atoms with Crippen LogP contribution >= 0.6 is 0 Å². The van der Waals surface area contributed by atoms with Gasteiger partial charge in [-0.15, -0.1) is 0 Å². The highest BCUT2D eigenvalue weighted by atomic mass is 15.1. The Labute approximate surface area is 108 Å². The molecule has 18 heavy (non-hydrogen) atoms. The van der Waals surface area contributed by atoms with Crippen molar-refractivity contribution in [2.24, 2.45) is 16.0 Å². The van der Waals surface area contributed by atoms with Crippen molar-refractivity contribution >= 4 is 5.69 Å². The number of hydrogen-bond acceptors (Lipinski definition) is 3. The van der Waals surface area contributed by atoms with E-state index in [1.54, 1.807) is 0 Å². The molecule has 1 aromatic rings. The molecule has 94 valence electrons. The Hall–Kier alpha value is -2.16. The summed E-state index contributed by atoms with van der Waals surface area (Å²) in [6.07, 6.45) is 3.66. The third kappa shape index (κ3) is 4.01. The van der Waals surface area contributed by atoms with Crippen molar-refractivity contribution in [3.8, 4) is 0 Å². The summed E-state index contributed by atoms with van der Waals surface area (Å²) in [5, 5.41) is 8.25. The lowest BCUT2D eigenvalue weighted by Crippen LogP contribution is -1.97. The lowest BCUT2D eigenvalue weighted by atomic mass is 10.2. The van der Waals surface area contributed by atoms with E-state index in [-0.39, 0.29) is 0 Å². The molecule has 0 heterocycles. The molecule has 0 atom stereocenters. The molecule has 0 fully saturated rings. The van der Waals surface area contributed by atoms with Crippen LogP contribution in [-0.4, -0.2) is 0 Å². The summed E-state index contributed by atoms with van der Waals surface area (Å²) < 4.78 is 0. The van der Waals surface area contributed by atoms with E-state index < -0.39 is 0 Å². The van der Waals surface area contributed by atoms with Crippen molar-refractivity contribution in [2.75, 3.05) is 0 Å². The molecule has 0 aliphatic carbocycles. The Morgan fingerprint density at radius 2 is 2.00 bits per heavy atom. The second-order valence-electron chi connectivity index (χ2n) is 4.05. The molecule has 1 rings (SSSR count). The van der Waals surface area contributed by atoms with Crippen LogP contribution in [0, 0.1) is 6.92 Å². The Bertz CT molecular complexity index is 522. The van der Waals surface area contributed by atoms with Crippen LogP contribution in [0.25, 0.3) is 0 Å². The molecular weight excluding hydrogens is 222 g/mol. The van der Waals surface area contributed by atoms with E-state index in [0.29, 0.717) is 5.70 Å². The summed E-state index contributed by atoms with van der Waals surface area (Å²) >= 11 is 0. The predicted octanol–water partition coefficient (Wildman–Crippen LogP) is 4.40. The highest BCUT2D eigenvalue weighted by molar-refractivity contribution is 5.44. The molecule has 3 nitrogen and oxygen atoms in total. The van der Waals surface area contributed by atoms with Gasteiger partial charge in [0.2, 0.25) is 0 Å². The van der Waals surface area contributed by atoms with Crippen LogP contribution < -0.4 is 5.73 Å². The summed E-state index contributed by atoms with van der Waals surface area (Å²) in [5.41, 5.74) is 9.96. The number of nitrogens with zero attached hydrogens (tertiary/aromatic N) is 2. The maximum atomic E-state index is 5.78. The summed E-state index contributed by atoms with van der Waals surface area (Å²) in [7, 11) is 0. The van der Waals surface area contributed by atoms with Gasteiger partial charge >= 0.3 is 0 Å². The number of rotatable bonds is 4. The lowest BCUT2D eigenvalue weighted by molar-refractivity contribution is 1.15. The SMILES string of the molecule is C=C(/C=C(C)\C(N)=C/C)N=Nc1ccccc1C. The normalized spacial score (nSPS) is 13.1. The molecule has 1 aromatic carbocycles. The summed E-state index contributed by atoms with van der Waals surface area (Å²) in [5.74, 6) is 0. The van der Waals surface area contributed by atoms with Gasteiger partial charge in [-0.2, -0.15) is 10.2 Å². The van der Waals surface area contributed by atoms with Crippen LogP contribution in [0.2, 0.25) is 0 Å². The molecule has 0 amide bonds. The van der Waals surface area contributed by atoms with Crippen molar-refractivity contribution in [3.05, 3.63) is 65.5 Å². The average Bonchev–Trinajstić information content (AvgIpc) is 2.36. The molecule has 0 saturated heterocycles. The highest BCUT2D eigenvalue weighted by Crippen LogP contribution is 2.19. The number of allylic oxidation sites excluding steroid dienone is 3. The van der Waals surface area contributed by atoms with Gasteiger partial charge in [0.25, 0.3) is 0 Å². The van der Waals surface area contributed by atoms with Gasteiger partial charge in [-0.3, -0.25) is 0 Å². The van der Waals surface area contributed by atoms with Gasteiger partial charge in [0.15, 0.2) is 0 Å². The standard InChI is InChI=1S/C15H19N3/c1-5-14(16)12(3)10-13(4)17-18-15-9-7-6-8-11(15)2/h5-10H,4,16H2,1-3H3/b12-10-,14-5+,18-17?. The Morgan fingerprint density at radius 1 is 1.33 bits per heavy atom. The van der Waals surface area contributed by atoms with Gasteiger partial charge in [-0.25, -0.2) is 0 Å². The van der Waals surface area contributed by atoms with Gasteiger partial charge in [-0.1, -0.05) is 30.9 Å². The Morgan fingerprint density at radius 3 is 2.61 bits per heavy atom. The van der Waals surface area contributed by atoms with Crippen molar-refractivity contribution in [3.63, 3.8) is 0 Å². The molecule has 0 bridgehead atoms. The van der Waals surface area contributed by atoms with E-state index in [0.717, 1.165) is 22.5 Å². The minimum atomic E-state index is 0.584. The zero-order chi connectivity index (χ0) is 13.5. The first-order valence-electron chi connectivity index (χ1n) is 5.81. The third-order valence-corrected chi connectivity index (χ3v) is 2.55. The van der Waals surface area contributed by atoms with E-state index in [9.17, 15) is 0 Å². The van der Waals surface area contributed by atoms with E-state index in [2.05, 4.69) is 16.8 Å². The van der Waals surface area contributed by atoms with Crippen LogP contribution in [0.1, 0.15) is 19.4 Å². The van der Waals surface area contributed by atoms with E-state index in [1.165, 1.54) is 0 Å². The Kier molecular flexibility index (Phi) is 5.06. The summed E-state index contributed by atoms with van der Waals surface area (Å²) in [6.45, 7) is 9.65. The molecule has 0 saturated carbocycles. The second kappa shape index (κ2) is 6.55. The molecule has 0 aromatic heterocycles. The fourth-order valence-electron chi connectivity index (χ4n) is 1.38. The fraction of sp³-hybridized carbons (Fsp3) is 0.200. The zero-order valence-corrected chi connectivity index (χ0v) is 11.1. The second-order valence-corrected chi connectivity index (χ2v) is 4.05. The van der Waals surface area contributed by atoms with Crippen LogP contribution in [0.3, 0.4) is 0 Å². The third-order valence-electron chi connectivity index (χ3n) is 2.55. The molecule has 0 unspecified atom stereocenters. The smallest absolute Gasteiger partial charge is 0.0886 e. The monoisotopic (exact) mass is 241 g/mol. The first kappa shape index (κ1) is 13.9. The van der Waals surface area contributed by atoms with Gasteiger partial charge in [-0.05, 0) is 44.1 Å². The van der Waals surface area contributed by atoms with Crippen molar-refractivity contribution < 1.29 is 0 Å². The molecule has 0 aliphatic rings. The Balaban J connectivity index is 2.81. The van der Waals surface area contributed by atoms with Crippen molar-refractivity contribution in [2.45, 2.75) is 20.8 Å². The molecule has 3 heteroatoms. The number of nitrogens with two attached hydrogens (primary N) is 1. The molecule has 0 aliphatic heterocycles. The molecule has 2 N–H and O–H groups in total. The van der Waals surface area contributed by atoms with Gasteiger partial charge in [0, 0.05) is 5.70 Å². The van der Waals surface area contributed by atoms with Crippen LogP contribution in [-0.2, 0) is 0 Å². The fourth-order valence-corrected chi connectivity index (χ4v) is 1.38. The average molecular weight is 241 g/mol. The molecule has 0 radical (unpaired) electrons. The predicted molar refractivity (Wildman–Crippen MR) is 76.5 cm³/mol. The number of aryl methyl sites for hydroxylation is 1. The number of benzene rings is 1. The van der Waals surface area contributed by atoms with Gasteiger partial charge < -0.3 is 5.73 Å². The molecular formula is C15H19N3. The van der Waals surface area contributed by atoms with Crippen LogP contribution in [0.4, 0.5) is 5.69 Å². The topological polar surface area (TPSA) is 50.7 Å². The summed E-state index contributed by atoms with van der Waals surface area (Å²) in [6, 6.07) is 7.82. The minimum absolute atomic E-state index is 0.584. The largest absolute Gasteiger partial charge is 0.399 e. The maximum absolute atomic E-state index is 5.78. The first-order chi connectivity index (χ1) is 8.54. The van der Waals surface area contributed by atoms with E-state index in [1.807, 2.05) is 57.2 Å². The minimum Gasteiger partial charge on any atom is -0.399 e. The highest BCUT2D eigenvalue weighted by Gasteiger charge is 1.95. The lowest BCUT2D eigenvalue weighted by Gasteiger charge is -2.00. The first-order valence-corrected chi connectivity index (χ1v) is 5.81. The number of hydrogen-bond donors (Lipinski definition) is 1. The van der Waals surface area contributed by atoms with Gasteiger partial charge in [0.05, 0.1) is 11.4 Å². The molecule has 0 spiro atoms. The number of azo groups is 1. The van der Waals surface area contributed by atoms with Gasteiger partial charge in [0.1, 0.15) is 0 Å². The van der Waals surface area contributed by atoms with E-state index in [4.69, 9.17) is 5.73 Å². The van der Waals surface area contributed by atoms with Crippen molar-refractivity contribution in [1.29, 1.82) is 0 Å². The van der Waals surface area contributed by atoms with E-state index >= 15 is 0 Å². The van der Waals surface area contributed by atoms with Crippen molar-refractivity contribution in [1.82, 2.24) is 0 Å². The van der Waals surface area contributed by atoms with Crippen LogP contribution in [0.15, 0.2) is 70.2 Å². The maximum Gasteiger partial charge on any atom is 0.0886 e.